The molecule has 0 amide bonds. The van der Waals surface area contributed by atoms with E-state index in [1.165, 1.54) is 7.11 Å². The van der Waals surface area contributed by atoms with E-state index in [0.717, 1.165) is 5.56 Å². The molecule has 0 unspecified atom stereocenters. The van der Waals surface area contributed by atoms with Crippen LogP contribution in [0.2, 0.25) is 0 Å². The van der Waals surface area contributed by atoms with Gasteiger partial charge in [-0.15, -0.1) is 0 Å². The molecule has 0 spiro atoms. The van der Waals surface area contributed by atoms with Gasteiger partial charge in [0.2, 0.25) is 0 Å². The Bertz CT molecular complexity index is 306. The van der Waals surface area contributed by atoms with Crippen LogP contribution in [0.25, 0.3) is 6.08 Å². The molecule has 0 aliphatic heterocycles. The van der Waals surface area contributed by atoms with Crippen molar-refractivity contribution in [3.05, 3.63) is 29.8 Å². The van der Waals surface area contributed by atoms with Crippen molar-refractivity contribution in [2.75, 3.05) is 21.3 Å². The summed E-state index contributed by atoms with van der Waals surface area (Å²) in [6.45, 7) is 1.94. The summed E-state index contributed by atoms with van der Waals surface area (Å²) in [6, 6.07) is 5.24. The van der Waals surface area contributed by atoms with E-state index in [1.54, 1.807) is 26.4 Å². The van der Waals surface area contributed by atoms with Crippen LogP contribution in [0.1, 0.15) is 12.5 Å². The van der Waals surface area contributed by atoms with Crippen molar-refractivity contribution in [3.8, 4) is 11.5 Å². The summed E-state index contributed by atoms with van der Waals surface area (Å²) in [5.41, 5.74) is 1.02. The zero-order chi connectivity index (χ0) is 11.7. The molecule has 1 rings (SSSR count). The number of aromatic hydroxyl groups is 1. The first-order valence-corrected chi connectivity index (χ1v) is 4.59. The molecule has 0 aliphatic carbocycles. The second-order valence-corrected chi connectivity index (χ2v) is 2.84. The normalized spacial score (nSPS) is 9.60. The number of phenolic OH excluding ortho intramolecular Hbond substituents is 1. The maximum Gasteiger partial charge on any atom is 0.161 e. The van der Waals surface area contributed by atoms with Crippen LogP contribution in [0.15, 0.2) is 24.3 Å². The van der Waals surface area contributed by atoms with Gasteiger partial charge in [-0.25, -0.2) is 0 Å². The van der Waals surface area contributed by atoms with Crippen molar-refractivity contribution < 1.29 is 14.6 Å². The molecule has 1 aromatic rings. The Hall–Kier alpha value is -1.48. The van der Waals surface area contributed by atoms with E-state index in [-0.39, 0.29) is 5.75 Å². The van der Waals surface area contributed by atoms with E-state index in [1.807, 2.05) is 25.1 Å². The topological polar surface area (TPSA) is 38.7 Å². The molecule has 3 nitrogen and oxygen atoms in total. The van der Waals surface area contributed by atoms with E-state index in [4.69, 9.17) is 4.74 Å². The maximum absolute atomic E-state index is 9.25. The van der Waals surface area contributed by atoms with Crippen LogP contribution in [-0.2, 0) is 4.74 Å². The summed E-state index contributed by atoms with van der Waals surface area (Å²) in [4.78, 5) is 0. The third-order valence-corrected chi connectivity index (χ3v) is 1.56. The van der Waals surface area contributed by atoms with Crippen LogP contribution >= 0.6 is 0 Å². The van der Waals surface area contributed by atoms with Gasteiger partial charge in [0.05, 0.1) is 7.11 Å². The van der Waals surface area contributed by atoms with Gasteiger partial charge >= 0.3 is 0 Å². The third-order valence-electron chi connectivity index (χ3n) is 1.56. The molecule has 1 aromatic carbocycles. The lowest BCUT2D eigenvalue weighted by molar-refractivity contribution is 0.277. The van der Waals surface area contributed by atoms with Crippen molar-refractivity contribution in [1.29, 1.82) is 0 Å². The minimum Gasteiger partial charge on any atom is -0.504 e. The molecule has 0 atom stereocenters. The van der Waals surface area contributed by atoms with E-state index < -0.39 is 0 Å². The van der Waals surface area contributed by atoms with Crippen molar-refractivity contribution in [1.82, 2.24) is 0 Å². The largest absolute Gasteiger partial charge is 0.504 e. The quantitative estimate of drug-likeness (QED) is 0.815. The molecule has 0 aliphatic rings. The van der Waals surface area contributed by atoms with Gasteiger partial charge in [-0.05, 0) is 24.6 Å². The molecule has 0 saturated carbocycles. The highest BCUT2D eigenvalue weighted by molar-refractivity contribution is 5.55. The average Bonchev–Trinajstić information content (AvgIpc) is 2.22. The van der Waals surface area contributed by atoms with Crippen LogP contribution in [0.3, 0.4) is 0 Å². The molecule has 0 bridgehead atoms. The molecule has 0 heterocycles. The zero-order valence-electron chi connectivity index (χ0n) is 9.65. The fourth-order valence-corrected chi connectivity index (χ4v) is 0.990. The summed E-state index contributed by atoms with van der Waals surface area (Å²) in [7, 11) is 4.79. The lowest BCUT2D eigenvalue weighted by Crippen LogP contribution is -1.83. The maximum atomic E-state index is 9.25. The predicted molar refractivity (Wildman–Crippen MR) is 62.3 cm³/mol. The molecular weight excluding hydrogens is 192 g/mol. The second kappa shape index (κ2) is 7.88. The Morgan fingerprint density at radius 1 is 1.20 bits per heavy atom. The fraction of sp³-hybridized carbons (Fsp3) is 0.333. The summed E-state index contributed by atoms with van der Waals surface area (Å²) in [5.74, 6) is 0.677. The second-order valence-electron chi connectivity index (χ2n) is 2.84. The van der Waals surface area contributed by atoms with Crippen molar-refractivity contribution in [2.24, 2.45) is 0 Å². The molecule has 0 radical (unpaired) electrons. The lowest BCUT2D eigenvalue weighted by Gasteiger charge is -2.03. The first-order valence-electron chi connectivity index (χ1n) is 4.59. The number of rotatable bonds is 2. The van der Waals surface area contributed by atoms with E-state index in [9.17, 15) is 5.11 Å². The van der Waals surface area contributed by atoms with Gasteiger partial charge in [0, 0.05) is 14.2 Å². The molecule has 84 valence electrons. The molecule has 15 heavy (non-hydrogen) atoms. The number of phenols is 1. The van der Waals surface area contributed by atoms with Crippen LogP contribution in [-0.4, -0.2) is 26.4 Å². The van der Waals surface area contributed by atoms with Crippen molar-refractivity contribution >= 4 is 6.08 Å². The molecule has 0 aromatic heterocycles. The van der Waals surface area contributed by atoms with Crippen LogP contribution < -0.4 is 4.74 Å². The number of methoxy groups -OCH3 is 2. The highest BCUT2D eigenvalue weighted by Gasteiger charge is 1.99. The highest BCUT2D eigenvalue weighted by atomic mass is 16.5. The summed E-state index contributed by atoms with van der Waals surface area (Å²) in [5, 5.41) is 9.25. The van der Waals surface area contributed by atoms with Crippen molar-refractivity contribution in [3.63, 3.8) is 0 Å². The molecule has 3 heteroatoms. The Balaban J connectivity index is 0.000000583. The Morgan fingerprint density at radius 3 is 2.27 bits per heavy atom. The van der Waals surface area contributed by atoms with Gasteiger partial charge in [0.25, 0.3) is 0 Å². The number of benzene rings is 1. The Morgan fingerprint density at radius 2 is 1.80 bits per heavy atom. The average molecular weight is 210 g/mol. The van der Waals surface area contributed by atoms with Crippen LogP contribution in [0.5, 0.6) is 11.5 Å². The fourth-order valence-electron chi connectivity index (χ4n) is 0.990. The number of ether oxygens (including phenoxy) is 2. The smallest absolute Gasteiger partial charge is 0.161 e. The number of allylic oxidation sites excluding steroid dienone is 1. The Kier molecular flexibility index (Phi) is 7.10. The van der Waals surface area contributed by atoms with E-state index >= 15 is 0 Å². The monoisotopic (exact) mass is 210 g/mol. The standard InChI is InChI=1S/C10H12O2.C2H6O/c1-3-4-8-5-6-9(11)10(7-8)12-2;1-3-2/h3-7,11H,1-2H3;1-2H3/b4-3+;. The summed E-state index contributed by atoms with van der Waals surface area (Å²) >= 11 is 0. The van der Waals surface area contributed by atoms with Gasteiger partial charge in [-0.1, -0.05) is 18.2 Å². The Labute approximate surface area is 91.0 Å². The van der Waals surface area contributed by atoms with Gasteiger partial charge < -0.3 is 14.6 Å². The van der Waals surface area contributed by atoms with E-state index in [0.29, 0.717) is 5.75 Å². The SMILES string of the molecule is C/C=C/c1ccc(O)c(OC)c1.COC. The van der Waals surface area contributed by atoms with Crippen LogP contribution in [0, 0.1) is 0 Å². The highest BCUT2D eigenvalue weighted by Crippen LogP contribution is 2.26. The van der Waals surface area contributed by atoms with Crippen molar-refractivity contribution in [2.45, 2.75) is 6.92 Å². The first kappa shape index (κ1) is 13.5. The zero-order valence-corrected chi connectivity index (χ0v) is 9.65. The molecule has 0 saturated heterocycles. The summed E-state index contributed by atoms with van der Waals surface area (Å²) in [6.07, 6.45) is 3.88. The molecular formula is C12H18O3. The van der Waals surface area contributed by atoms with Gasteiger partial charge in [0.15, 0.2) is 11.5 Å². The minimum atomic E-state index is 0.172. The number of hydrogen-bond donors (Lipinski definition) is 1. The third kappa shape index (κ3) is 5.08. The van der Waals surface area contributed by atoms with Crippen LogP contribution in [0.4, 0.5) is 0 Å². The first-order chi connectivity index (χ1) is 7.19. The number of hydrogen-bond acceptors (Lipinski definition) is 3. The molecule has 1 N–H and O–H groups in total. The van der Waals surface area contributed by atoms with Gasteiger partial charge in [-0.2, -0.15) is 0 Å². The molecule has 0 fully saturated rings. The lowest BCUT2D eigenvalue weighted by atomic mass is 10.2. The van der Waals surface area contributed by atoms with Gasteiger partial charge in [-0.3, -0.25) is 0 Å². The minimum absolute atomic E-state index is 0.172. The summed E-state index contributed by atoms with van der Waals surface area (Å²) < 4.78 is 9.20. The van der Waals surface area contributed by atoms with E-state index in [2.05, 4.69) is 4.74 Å². The predicted octanol–water partition coefficient (Wildman–Crippen LogP) is 2.70. The van der Waals surface area contributed by atoms with Gasteiger partial charge in [0.1, 0.15) is 0 Å².